The predicted molar refractivity (Wildman–Crippen MR) is 93.2 cm³/mol. The molecule has 0 saturated heterocycles. The molecule has 5 heteroatoms. The average molecular weight is 328 g/mol. The van der Waals surface area contributed by atoms with Gasteiger partial charge in [0.2, 0.25) is 0 Å². The monoisotopic (exact) mass is 328 g/mol. The van der Waals surface area contributed by atoms with E-state index in [9.17, 15) is 4.79 Å². The number of rotatable bonds is 7. The lowest BCUT2D eigenvalue weighted by atomic mass is 10.1. The van der Waals surface area contributed by atoms with Crippen molar-refractivity contribution in [2.24, 2.45) is 0 Å². The summed E-state index contributed by atoms with van der Waals surface area (Å²) in [6, 6.07) is 11.2. The molecule has 0 bridgehead atoms. The first-order valence-corrected chi connectivity index (χ1v) is 7.85. The number of ether oxygens (including phenoxy) is 2. The normalized spacial score (nSPS) is 11.2. The minimum atomic E-state index is -0.425. The third-order valence-corrected chi connectivity index (χ3v) is 3.44. The van der Waals surface area contributed by atoms with E-state index in [0.717, 1.165) is 11.3 Å². The Labute approximate surface area is 143 Å². The topological polar surface area (TPSA) is 60.5 Å². The first-order chi connectivity index (χ1) is 11.4. The minimum absolute atomic E-state index is 0.129. The van der Waals surface area contributed by atoms with Crippen molar-refractivity contribution in [2.75, 3.05) is 13.7 Å². The van der Waals surface area contributed by atoms with Crippen LogP contribution in [-0.4, -0.2) is 30.1 Å². The van der Waals surface area contributed by atoms with Gasteiger partial charge in [-0.2, -0.15) is 0 Å². The van der Waals surface area contributed by atoms with Crippen LogP contribution in [0.15, 0.2) is 42.6 Å². The fraction of sp³-hybridized carbons (Fsp3) is 0.368. The van der Waals surface area contributed by atoms with Crippen LogP contribution in [0.2, 0.25) is 0 Å². The van der Waals surface area contributed by atoms with Crippen LogP contribution >= 0.6 is 0 Å². The highest BCUT2D eigenvalue weighted by Gasteiger charge is 2.21. The third-order valence-electron chi connectivity index (χ3n) is 3.44. The molecule has 1 heterocycles. The Hall–Kier alpha value is -2.40. The second-order valence-electron chi connectivity index (χ2n) is 6.40. The van der Waals surface area contributed by atoms with Crippen LogP contribution in [0.25, 0.3) is 0 Å². The summed E-state index contributed by atoms with van der Waals surface area (Å²) in [5.41, 5.74) is 2.04. The maximum atomic E-state index is 12.4. The van der Waals surface area contributed by atoms with Crippen molar-refractivity contribution in [1.29, 1.82) is 0 Å². The largest absolute Gasteiger partial charge is 0.487 e. The maximum Gasteiger partial charge on any atom is 0.251 e. The molecule has 0 fully saturated rings. The molecule has 1 N–H and O–H groups in total. The Morgan fingerprint density at radius 1 is 1.25 bits per heavy atom. The molecule has 0 atom stereocenters. The van der Waals surface area contributed by atoms with Gasteiger partial charge < -0.3 is 14.8 Å². The summed E-state index contributed by atoms with van der Waals surface area (Å²) < 4.78 is 10.8. The molecule has 1 aromatic heterocycles. The number of hydrogen-bond donors (Lipinski definition) is 1. The van der Waals surface area contributed by atoms with Crippen LogP contribution in [0.3, 0.4) is 0 Å². The summed E-state index contributed by atoms with van der Waals surface area (Å²) in [5.74, 6) is 0.576. The minimum Gasteiger partial charge on any atom is -0.487 e. The van der Waals surface area contributed by atoms with Gasteiger partial charge in [0, 0.05) is 18.4 Å². The van der Waals surface area contributed by atoms with E-state index in [1.807, 2.05) is 51.1 Å². The standard InChI is InChI=1S/C19H24N2O3/c1-14-8-9-17(11-20-14)24-12-15-6-5-7-16(10-15)18(22)21-19(2,3)13-23-4/h5-11H,12-13H2,1-4H3,(H,21,22). The van der Waals surface area contributed by atoms with Gasteiger partial charge in [-0.05, 0) is 50.6 Å². The van der Waals surface area contributed by atoms with E-state index in [1.165, 1.54) is 0 Å². The Bertz CT molecular complexity index is 681. The van der Waals surface area contributed by atoms with Crippen molar-refractivity contribution in [3.63, 3.8) is 0 Å². The van der Waals surface area contributed by atoms with Crippen molar-refractivity contribution in [2.45, 2.75) is 32.9 Å². The third kappa shape index (κ3) is 5.35. The highest BCUT2D eigenvalue weighted by Crippen LogP contribution is 2.13. The second kappa shape index (κ2) is 7.93. The number of aromatic nitrogens is 1. The molecule has 1 amide bonds. The number of carbonyl (C=O) groups is 1. The van der Waals surface area contributed by atoms with Gasteiger partial charge in [-0.3, -0.25) is 9.78 Å². The first-order valence-electron chi connectivity index (χ1n) is 7.85. The van der Waals surface area contributed by atoms with Crippen LogP contribution in [0.5, 0.6) is 5.75 Å². The van der Waals surface area contributed by atoms with E-state index in [2.05, 4.69) is 10.3 Å². The van der Waals surface area contributed by atoms with E-state index in [-0.39, 0.29) is 5.91 Å². The SMILES string of the molecule is COCC(C)(C)NC(=O)c1cccc(COc2ccc(C)nc2)c1. The summed E-state index contributed by atoms with van der Waals surface area (Å²) >= 11 is 0. The zero-order valence-corrected chi connectivity index (χ0v) is 14.6. The molecule has 0 aliphatic heterocycles. The number of nitrogens with zero attached hydrogens (tertiary/aromatic N) is 1. The molecule has 128 valence electrons. The van der Waals surface area contributed by atoms with Gasteiger partial charge in [0.05, 0.1) is 18.3 Å². The number of aryl methyl sites for hydroxylation is 1. The number of carbonyl (C=O) groups excluding carboxylic acids is 1. The van der Waals surface area contributed by atoms with Gasteiger partial charge in [0.1, 0.15) is 12.4 Å². The number of hydrogen-bond acceptors (Lipinski definition) is 4. The van der Waals surface area contributed by atoms with Gasteiger partial charge in [-0.1, -0.05) is 12.1 Å². The van der Waals surface area contributed by atoms with Crippen LogP contribution < -0.4 is 10.1 Å². The number of methoxy groups -OCH3 is 1. The zero-order chi connectivity index (χ0) is 17.6. The molecule has 2 aromatic rings. The van der Waals surface area contributed by atoms with Crippen LogP contribution in [0, 0.1) is 6.92 Å². The average Bonchev–Trinajstić information content (AvgIpc) is 2.54. The van der Waals surface area contributed by atoms with Crippen LogP contribution in [-0.2, 0) is 11.3 Å². The number of benzene rings is 1. The lowest BCUT2D eigenvalue weighted by molar-refractivity contribution is 0.0820. The Morgan fingerprint density at radius 3 is 2.71 bits per heavy atom. The quantitative estimate of drug-likeness (QED) is 0.848. The molecule has 0 radical (unpaired) electrons. The number of pyridine rings is 1. The molecular weight excluding hydrogens is 304 g/mol. The summed E-state index contributed by atoms with van der Waals surface area (Å²) in [4.78, 5) is 16.6. The molecule has 0 unspecified atom stereocenters. The van der Waals surface area contributed by atoms with Crippen LogP contribution in [0.1, 0.15) is 35.5 Å². The van der Waals surface area contributed by atoms with E-state index in [4.69, 9.17) is 9.47 Å². The van der Waals surface area contributed by atoms with E-state index < -0.39 is 5.54 Å². The maximum absolute atomic E-state index is 12.4. The van der Waals surface area contributed by atoms with E-state index in [0.29, 0.717) is 24.5 Å². The fourth-order valence-electron chi connectivity index (χ4n) is 2.29. The molecule has 0 aliphatic rings. The number of nitrogens with one attached hydrogen (secondary N) is 1. The summed E-state index contributed by atoms with van der Waals surface area (Å²) in [6.45, 7) is 6.60. The summed E-state index contributed by atoms with van der Waals surface area (Å²) in [5, 5.41) is 2.97. The van der Waals surface area contributed by atoms with Gasteiger partial charge in [-0.15, -0.1) is 0 Å². The van der Waals surface area contributed by atoms with Crippen molar-refractivity contribution >= 4 is 5.91 Å². The molecule has 0 spiro atoms. The highest BCUT2D eigenvalue weighted by atomic mass is 16.5. The lowest BCUT2D eigenvalue weighted by Gasteiger charge is -2.25. The van der Waals surface area contributed by atoms with E-state index >= 15 is 0 Å². The molecule has 5 nitrogen and oxygen atoms in total. The Morgan fingerprint density at radius 2 is 2.04 bits per heavy atom. The van der Waals surface area contributed by atoms with Crippen molar-refractivity contribution < 1.29 is 14.3 Å². The summed E-state index contributed by atoms with van der Waals surface area (Å²) in [6.07, 6.45) is 1.69. The van der Waals surface area contributed by atoms with Crippen molar-refractivity contribution in [1.82, 2.24) is 10.3 Å². The van der Waals surface area contributed by atoms with Gasteiger partial charge in [0.25, 0.3) is 5.91 Å². The first kappa shape index (κ1) is 17.9. The molecule has 0 saturated carbocycles. The van der Waals surface area contributed by atoms with Gasteiger partial charge >= 0.3 is 0 Å². The highest BCUT2D eigenvalue weighted by molar-refractivity contribution is 5.94. The smallest absolute Gasteiger partial charge is 0.251 e. The van der Waals surface area contributed by atoms with Gasteiger partial charge in [-0.25, -0.2) is 0 Å². The fourth-order valence-corrected chi connectivity index (χ4v) is 2.29. The van der Waals surface area contributed by atoms with E-state index in [1.54, 1.807) is 19.4 Å². The lowest BCUT2D eigenvalue weighted by Crippen LogP contribution is -2.46. The molecule has 1 aromatic carbocycles. The van der Waals surface area contributed by atoms with Crippen molar-refractivity contribution in [3.05, 3.63) is 59.4 Å². The van der Waals surface area contributed by atoms with Gasteiger partial charge in [0.15, 0.2) is 0 Å². The molecule has 2 rings (SSSR count). The Balaban J connectivity index is 2.00. The van der Waals surface area contributed by atoms with Crippen molar-refractivity contribution in [3.8, 4) is 5.75 Å². The number of amides is 1. The zero-order valence-electron chi connectivity index (χ0n) is 14.6. The molecule has 24 heavy (non-hydrogen) atoms. The predicted octanol–water partition coefficient (Wildman–Crippen LogP) is 3.12. The molecule has 0 aliphatic carbocycles. The van der Waals surface area contributed by atoms with Crippen LogP contribution in [0.4, 0.5) is 0 Å². The second-order valence-corrected chi connectivity index (χ2v) is 6.40. The summed E-state index contributed by atoms with van der Waals surface area (Å²) in [7, 11) is 1.62. The molecular formula is C19H24N2O3. The Kier molecular flexibility index (Phi) is 5.93.